The number of rotatable bonds is 7. The molecule has 2 saturated heterocycles. The molecule has 264 valence electrons. The van der Waals surface area contributed by atoms with E-state index in [1.54, 1.807) is 0 Å². The van der Waals surface area contributed by atoms with Crippen LogP contribution in [0.3, 0.4) is 0 Å². The highest BCUT2D eigenvalue weighted by molar-refractivity contribution is 5.77. The van der Waals surface area contributed by atoms with Crippen LogP contribution in [0.5, 0.6) is 0 Å². The van der Waals surface area contributed by atoms with E-state index in [0.29, 0.717) is 19.3 Å². The molecule has 6 fully saturated rings. The maximum atomic E-state index is 14.0. The Labute approximate surface area is 268 Å². The minimum atomic E-state index is -1.68. The van der Waals surface area contributed by atoms with Crippen LogP contribution < -0.4 is 0 Å². The van der Waals surface area contributed by atoms with Crippen LogP contribution in [0, 0.1) is 34.0 Å². The van der Waals surface area contributed by atoms with Gasteiger partial charge in [0, 0.05) is 0 Å². The molecule has 0 unspecified atom stereocenters. The molecule has 9 N–H and O–H groups in total. The van der Waals surface area contributed by atoms with Gasteiger partial charge in [0.15, 0.2) is 6.29 Å². The number of aliphatic hydroxyl groups is 9. The van der Waals surface area contributed by atoms with E-state index in [1.165, 1.54) is 0 Å². The molecular weight excluding hydrogens is 608 g/mol. The van der Waals surface area contributed by atoms with Gasteiger partial charge in [-0.25, -0.2) is 0 Å². The normalized spacial score (nSPS) is 55.3. The first kappa shape index (κ1) is 34.8. The van der Waals surface area contributed by atoms with E-state index in [1.807, 2.05) is 6.92 Å². The molecule has 0 aromatic heterocycles. The fraction of sp³-hybridized carbons (Fsp3) is 0.969. The van der Waals surface area contributed by atoms with Crippen LogP contribution in [0.15, 0.2) is 0 Å². The average molecular weight is 661 g/mol. The minimum Gasteiger partial charge on any atom is -0.432 e. The number of aliphatic hydroxyl groups excluding tert-OH is 9. The van der Waals surface area contributed by atoms with Crippen molar-refractivity contribution in [3.63, 3.8) is 0 Å². The first-order valence-corrected chi connectivity index (χ1v) is 16.8. The van der Waals surface area contributed by atoms with E-state index < -0.39 is 91.6 Å². The summed E-state index contributed by atoms with van der Waals surface area (Å²) >= 11 is 0. The second-order valence-corrected chi connectivity index (χ2v) is 15.6. The van der Waals surface area contributed by atoms with Gasteiger partial charge in [0.2, 0.25) is 6.29 Å². The van der Waals surface area contributed by atoms with E-state index in [2.05, 4.69) is 6.92 Å². The molecule has 1 spiro atoms. The predicted octanol–water partition coefficient (Wildman–Crippen LogP) is -1.71. The number of hydrogen-bond donors (Lipinski definition) is 9. The summed E-state index contributed by atoms with van der Waals surface area (Å²) < 4.78 is 23.3. The van der Waals surface area contributed by atoms with Gasteiger partial charge in [0.05, 0.1) is 30.8 Å². The topological polar surface area (TPSA) is 236 Å². The lowest BCUT2D eigenvalue weighted by Gasteiger charge is -2.63. The fourth-order valence-electron chi connectivity index (χ4n) is 11.0. The lowest BCUT2D eigenvalue weighted by Crippen LogP contribution is -2.62. The van der Waals surface area contributed by atoms with Crippen LogP contribution in [0.25, 0.3) is 0 Å². The lowest BCUT2D eigenvalue weighted by molar-refractivity contribution is -0.335. The molecule has 6 rings (SSSR count). The van der Waals surface area contributed by atoms with Crippen LogP contribution in [0.1, 0.15) is 71.6 Å². The lowest BCUT2D eigenvalue weighted by atomic mass is 9.41. The quantitative estimate of drug-likeness (QED) is 0.138. The van der Waals surface area contributed by atoms with Crippen LogP contribution >= 0.6 is 0 Å². The van der Waals surface area contributed by atoms with E-state index in [0.717, 1.165) is 38.5 Å². The van der Waals surface area contributed by atoms with Crippen LogP contribution in [0.2, 0.25) is 0 Å². The smallest absolute Gasteiger partial charge is 0.314 e. The Morgan fingerprint density at radius 2 is 1.35 bits per heavy atom. The molecule has 6 aliphatic rings. The molecule has 4 aliphatic carbocycles. The molecule has 2 bridgehead atoms. The van der Waals surface area contributed by atoms with Crippen molar-refractivity contribution in [2.75, 3.05) is 19.8 Å². The largest absolute Gasteiger partial charge is 0.432 e. The van der Waals surface area contributed by atoms with Crippen LogP contribution in [-0.2, 0) is 23.7 Å². The number of ether oxygens (including phenoxy) is 4. The van der Waals surface area contributed by atoms with Crippen molar-refractivity contribution in [3.05, 3.63) is 0 Å². The van der Waals surface area contributed by atoms with Gasteiger partial charge in [-0.3, -0.25) is 4.79 Å². The Morgan fingerprint density at radius 1 is 0.739 bits per heavy atom. The summed E-state index contributed by atoms with van der Waals surface area (Å²) in [6, 6.07) is 0. The maximum Gasteiger partial charge on any atom is 0.314 e. The standard InChI is InChI=1S/C32H52O14/c1-29-7-3-8-30(2,28(42)45-26-24(40)22(38)20(36)16(11-33)43-26)18(29)6-9-31-10-15(4-5-19(29)31)32(13-31,14-35)46-27-25(41)23(39)21(37)17(12-34)44-27/h15-27,33-41H,3-14H2,1-2H3/t15-,16-,17-,18+,19+,20+,21+,22+,23-,24+,25+,26+,27+,29-,30-,31+,32+/m1/s1. The number of fused-ring (bicyclic) bond motifs is 3. The Kier molecular flexibility index (Phi) is 9.39. The molecule has 14 nitrogen and oxygen atoms in total. The third kappa shape index (κ3) is 5.18. The zero-order valence-corrected chi connectivity index (χ0v) is 26.6. The molecule has 0 radical (unpaired) electrons. The van der Waals surface area contributed by atoms with Gasteiger partial charge in [-0.2, -0.15) is 0 Å². The zero-order chi connectivity index (χ0) is 33.4. The van der Waals surface area contributed by atoms with Crippen molar-refractivity contribution in [1.29, 1.82) is 0 Å². The van der Waals surface area contributed by atoms with Crippen molar-refractivity contribution in [2.45, 2.75) is 139 Å². The summed E-state index contributed by atoms with van der Waals surface area (Å²) in [6.07, 6.45) is -8.26. The second kappa shape index (κ2) is 12.4. The summed E-state index contributed by atoms with van der Waals surface area (Å²) in [7, 11) is 0. The van der Waals surface area contributed by atoms with Crippen molar-refractivity contribution in [1.82, 2.24) is 0 Å². The Bertz CT molecular complexity index is 1120. The Morgan fingerprint density at radius 3 is 1.96 bits per heavy atom. The average Bonchev–Trinajstić information content (AvgIpc) is 3.26. The van der Waals surface area contributed by atoms with Gasteiger partial charge in [0.1, 0.15) is 48.8 Å². The third-order valence-electron chi connectivity index (χ3n) is 13.3. The molecule has 14 heteroatoms. The molecular formula is C32H52O14. The van der Waals surface area contributed by atoms with E-state index in [-0.39, 0.29) is 35.2 Å². The summed E-state index contributed by atoms with van der Waals surface area (Å²) in [5.41, 5.74) is -2.49. The van der Waals surface area contributed by atoms with Crippen LogP contribution in [-0.4, -0.2) is 139 Å². The molecule has 2 aliphatic heterocycles. The van der Waals surface area contributed by atoms with Gasteiger partial charge >= 0.3 is 5.97 Å². The monoisotopic (exact) mass is 660 g/mol. The van der Waals surface area contributed by atoms with Crippen molar-refractivity contribution >= 4 is 5.97 Å². The van der Waals surface area contributed by atoms with Crippen LogP contribution in [0.4, 0.5) is 0 Å². The molecule has 0 amide bonds. The van der Waals surface area contributed by atoms with Gasteiger partial charge < -0.3 is 64.9 Å². The van der Waals surface area contributed by atoms with E-state index in [9.17, 15) is 50.8 Å². The zero-order valence-electron chi connectivity index (χ0n) is 26.6. The molecule has 46 heavy (non-hydrogen) atoms. The molecule has 2 heterocycles. The van der Waals surface area contributed by atoms with Crippen molar-refractivity contribution in [3.8, 4) is 0 Å². The van der Waals surface area contributed by atoms with E-state index in [4.69, 9.17) is 18.9 Å². The summed E-state index contributed by atoms with van der Waals surface area (Å²) in [5.74, 6) is -0.498. The molecule has 0 aromatic rings. The summed E-state index contributed by atoms with van der Waals surface area (Å²) in [6.45, 7) is 2.59. The molecule has 4 saturated carbocycles. The third-order valence-corrected chi connectivity index (χ3v) is 13.3. The van der Waals surface area contributed by atoms with Gasteiger partial charge in [-0.1, -0.05) is 13.3 Å². The second-order valence-electron chi connectivity index (χ2n) is 15.6. The predicted molar refractivity (Wildman–Crippen MR) is 155 cm³/mol. The maximum absolute atomic E-state index is 14.0. The minimum absolute atomic E-state index is 0.0487. The number of carbonyl (C=O) groups is 1. The highest BCUT2D eigenvalue weighted by atomic mass is 16.7. The Balaban J connectivity index is 1.22. The number of hydrogen-bond acceptors (Lipinski definition) is 14. The highest BCUT2D eigenvalue weighted by Gasteiger charge is 2.70. The number of carbonyl (C=O) groups excluding carboxylic acids is 1. The Hall–Kier alpha value is -1.01. The van der Waals surface area contributed by atoms with E-state index >= 15 is 0 Å². The van der Waals surface area contributed by atoms with Crippen molar-refractivity contribution in [2.24, 2.45) is 34.0 Å². The summed E-state index contributed by atoms with van der Waals surface area (Å²) in [5, 5.41) is 92.4. The summed E-state index contributed by atoms with van der Waals surface area (Å²) in [4.78, 5) is 14.0. The van der Waals surface area contributed by atoms with Gasteiger partial charge in [-0.15, -0.1) is 0 Å². The molecule has 0 aromatic carbocycles. The molecule has 17 atom stereocenters. The fourth-order valence-corrected chi connectivity index (χ4v) is 11.0. The van der Waals surface area contributed by atoms with Gasteiger partial charge in [0.25, 0.3) is 0 Å². The number of esters is 1. The first-order chi connectivity index (χ1) is 21.7. The first-order valence-electron chi connectivity index (χ1n) is 16.8. The van der Waals surface area contributed by atoms with Gasteiger partial charge in [-0.05, 0) is 86.9 Å². The highest BCUT2D eigenvalue weighted by Crippen LogP contribution is 2.73. The SMILES string of the molecule is C[C@@]12CCC[C@@](C)(C(=O)O[C@@H]3O[C@H](CO)[C@H](O)[C@H](O)[C@@H]3O)[C@H]1CC[C@@]13C[C@@H](CC[C@H]12)[C@](CO)(O[C@@H]1O[C@H](CO)[C@H](O)[C@@H](O)[C@@H]1O)C3. The van der Waals surface area contributed by atoms with Crippen molar-refractivity contribution < 1.29 is 69.7 Å².